The molecule has 0 spiro atoms. The molecule has 4 rings (SSSR count). The van der Waals surface area contributed by atoms with Crippen LogP contribution in [0, 0.1) is 6.92 Å². The molecule has 10 heteroatoms. The Morgan fingerprint density at radius 2 is 2.03 bits per heavy atom. The number of rotatable bonds is 7. The van der Waals surface area contributed by atoms with E-state index in [1.54, 1.807) is 28.8 Å². The number of aromatic nitrogens is 2. The van der Waals surface area contributed by atoms with Crippen molar-refractivity contribution in [2.75, 3.05) is 19.6 Å². The summed E-state index contributed by atoms with van der Waals surface area (Å²) in [6.07, 6.45) is 1.53. The highest BCUT2D eigenvalue weighted by Gasteiger charge is 2.26. The van der Waals surface area contributed by atoms with E-state index >= 15 is 0 Å². The largest absolute Gasteiger partial charge is 0.331 e. The molecule has 2 aromatic heterocycles. The standard InChI is InChI=1S/C24H24ClN5O4/c1-14-6-9-20-18(11-14)21(17-5-4-10-26-23(17)31)22(24(32)27-29(2)33)30(20)13-15-12-16(28-34-3)7-8-19(15)25/h4-12,28,33H,13H2,1-3H3,(H,26,31)(H,27,32). The van der Waals surface area contributed by atoms with Gasteiger partial charge in [-0.2, -0.15) is 0 Å². The monoisotopic (exact) mass is 481 g/mol. The number of pyridine rings is 1. The molecule has 9 nitrogen and oxygen atoms in total. The molecular weight excluding hydrogens is 458 g/mol. The Kier molecular flexibility index (Phi) is 6.71. The summed E-state index contributed by atoms with van der Waals surface area (Å²) in [5.74, 6) is -0.584. The van der Waals surface area contributed by atoms with Gasteiger partial charge in [0, 0.05) is 46.8 Å². The third-order valence-corrected chi connectivity index (χ3v) is 5.75. The molecule has 0 atom stereocenters. The van der Waals surface area contributed by atoms with Crippen molar-refractivity contribution in [3.8, 4) is 11.1 Å². The summed E-state index contributed by atoms with van der Waals surface area (Å²) in [5.41, 5.74) is 8.95. The van der Waals surface area contributed by atoms with Gasteiger partial charge >= 0.3 is 0 Å². The van der Waals surface area contributed by atoms with Crippen LogP contribution in [-0.4, -0.2) is 40.0 Å². The van der Waals surface area contributed by atoms with E-state index in [1.165, 1.54) is 20.4 Å². The number of aryl methyl sites for hydroxylation is 1. The summed E-state index contributed by atoms with van der Waals surface area (Å²) >= 11 is 6.50. The first kappa shape index (κ1) is 23.5. The molecule has 0 saturated carbocycles. The van der Waals surface area contributed by atoms with Crippen LogP contribution in [0.2, 0.25) is 5.02 Å². The molecule has 2 aromatic carbocycles. The van der Waals surface area contributed by atoms with Crippen molar-refractivity contribution in [1.82, 2.24) is 20.1 Å². The molecule has 4 aromatic rings. The number of nitrogens with one attached hydrogen (secondary N) is 3. The van der Waals surface area contributed by atoms with Crippen LogP contribution in [0.3, 0.4) is 0 Å². The van der Waals surface area contributed by atoms with Crippen LogP contribution in [0.5, 0.6) is 0 Å². The topological polar surface area (TPSA) is 112 Å². The molecule has 0 aliphatic rings. The lowest BCUT2D eigenvalue weighted by Crippen LogP contribution is -2.38. The number of nitrogens with zero attached hydrogens (tertiary/aromatic N) is 2. The Morgan fingerprint density at radius 3 is 2.74 bits per heavy atom. The molecule has 0 fully saturated rings. The van der Waals surface area contributed by atoms with Crippen molar-refractivity contribution in [1.29, 1.82) is 0 Å². The first-order chi connectivity index (χ1) is 16.3. The van der Waals surface area contributed by atoms with Gasteiger partial charge in [-0.1, -0.05) is 23.2 Å². The fraction of sp³-hybridized carbons (Fsp3) is 0.167. The van der Waals surface area contributed by atoms with Gasteiger partial charge in [0.2, 0.25) is 0 Å². The average molecular weight is 482 g/mol. The lowest BCUT2D eigenvalue weighted by atomic mass is 10.0. The van der Waals surface area contributed by atoms with Gasteiger partial charge in [-0.3, -0.25) is 30.5 Å². The zero-order valence-corrected chi connectivity index (χ0v) is 19.6. The highest BCUT2D eigenvalue weighted by molar-refractivity contribution is 6.31. The predicted octanol–water partition coefficient (Wildman–Crippen LogP) is 3.95. The number of H-pyrrole nitrogens is 1. The van der Waals surface area contributed by atoms with E-state index in [-0.39, 0.29) is 17.8 Å². The summed E-state index contributed by atoms with van der Waals surface area (Å²) in [4.78, 5) is 33.8. The third-order valence-electron chi connectivity index (χ3n) is 5.38. The van der Waals surface area contributed by atoms with Crippen molar-refractivity contribution in [3.05, 3.63) is 86.9 Å². The van der Waals surface area contributed by atoms with Crippen molar-refractivity contribution in [2.45, 2.75) is 13.5 Å². The van der Waals surface area contributed by atoms with Gasteiger partial charge in [0.25, 0.3) is 11.5 Å². The van der Waals surface area contributed by atoms with Gasteiger partial charge in [-0.15, -0.1) is 5.17 Å². The summed E-state index contributed by atoms with van der Waals surface area (Å²) in [5, 5.41) is 11.5. The maximum absolute atomic E-state index is 13.4. The van der Waals surface area contributed by atoms with Gasteiger partial charge in [0.15, 0.2) is 0 Å². The second kappa shape index (κ2) is 9.70. The van der Waals surface area contributed by atoms with E-state index < -0.39 is 5.91 Å². The molecule has 0 unspecified atom stereocenters. The molecule has 4 N–H and O–H groups in total. The average Bonchev–Trinajstić information content (AvgIpc) is 3.09. The number of halogens is 1. The molecule has 0 radical (unpaired) electrons. The number of hydrazine groups is 1. The third kappa shape index (κ3) is 4.55. The van der Waals surface area contributed by atoms with Gasteiger partial charge in [-0.25, -0.2) is 0 Å². The normalized spacial score (nSPS) is 11.2. The first-order valence-electron chi connectivity index (χ1n) is 10.4. The highest BCUT2D eigenvalue weighted by Crippen LogP contribution is 2.35. The van der Waals surface area contributed by atoms with Crippen LogP contribution in [0.15, 0.2) is 59.5 Å². The van der Waals surface area contributed by atoms with E-state index in [4.69, 9.17) is 16.4 Å². The molecule has 1 amide bonds. The van der Waals surface area contributed by atoms with Crippen molar-refractivity contribution < 1.29 is 14.8 Å². The minimum atomic E-state index is -0.584. The summed E-state index contributed by atoms with van der Waals surface area (Å²) < 4.78 is 1.78. The molecule has 0 aliphatic heterocycles. The Bertz CT molecular complexity index is 1430. The van der Waals surface area contributed by atoms with Gasteiger partial charge < -0.3 is 9.55 Å². The number of amides is 1. The summed E-state index contributed by atoms with van der Waals surface area (Å²) in [6, 6.07) is 14.5. The zero-order chi connectivity index (χ0) is 24.4. The van der Waals surface area contributed by atoms with Gasteiger partial charge in [0.1, 0.15) is 5.69 Å². The zero-order valence-electron chi connectivity index (χ0n) is 18.8. The minimum absolute atomic E-state index is 0.208. The number of aromatic amines is 1. The van der Waals surface area contributed by atoms with Crippen molar-refractivity contribution in [3.63, 3.8) is 0 Å². The van der Waals surface area contributed by atoms with Crippen molar-refractivity contribution in [2.24, 2.45) is 0 Å². The second-order valence-corrected chi connectivity index (χ2v) is 8.23. The molecule has 0 bridgehead atoms. The quantitative estimate of drug-likeness (QED) is 0.297. The highest BCUT2D eigenvalue weighted by atomic mass is 35.5. The van der Waals surface area contributed by atoms with Crippen molar-refractivity contribution >= 4 is 34.1 Å². The Balaban J connectivity index is 2.03. The maximum atomic E-state index is 13.4. The number of hydrogen-bond acceptors (Lipinski definition) is 6. The minimum Gasteiger partial charge on any atom is -0.331 e. The Hall–Kier alpha value is -3.63. The molecule has 0 saturated heterocycles. The molecule has 176 valence electrons. The van der Waals surface area contributed by atoms with Crippen LogP contribution < -0.4 is 16.5 Å². The van der Waals surface area contributed by atoms with E-state index in [9.17, 15) is 14.8 Å². The fourth-order valence-corrected chi connectivity index (χ4v) is 4.18. The predicted molar refractivity (Wildman–Crippen MR) is 131 cm³/mol. The van der Waals surface area contributed by atoms with Crippen LogP contribution >= 0.6 is 11.6 Å². The van der Waals surface area contributed by atoms with Crippen LogP contribution in [0.4, 0.5) is 5.69 Å². The number of hydroxylamine groups is 1. The fourth-order valence-electron chi connectivity index (χ4n) is 4.01. The number of anilines is 1. The smallest absolute Gasteiger partial charge is 0.284 e. The van der Waals surface area contributed by atoms with E-state index in [1.807, 2.05) is 31.2 Å². The van der Waals surface area contributed by atoms with E-state index in [0.717, 1.165) is 22.0 Å². The first-order valence-corrected chi connectivity index (χ1v) is 10.8. The molecule has 34 heavy (non-hydrogen) atoms. The molecular formula is C24H24ClN5O4. The van der Waals surface area contributed by atoms with Crippen LogP contribution in [0.1, 0.15) is 21.6 Å². The Labute approximate surface area is 200 Å². The number of carbonyl (C=O) groups is 1. The number of hydrogen-bond donors (Lipinski definition) is 4. The lowest BCUT2D eigenvalue weighted by molar-refractivity contribution is -0.100. The molecule has 0 aliphatic carbocycles. The second-order valence-electron chi connectivity index (χ2n) is 7.82. The van der Waals surface area contributed by atoms with Crippen LogP contribution in [0.25, 0.3) is 22.0 Å². The summed E-state index contributed by atoms with van der Waals surface area (Å²) in [6.45, 7) is 2.16. The number of fused-ring (bicyclic) bond motifs is 1. The summed E-state index contributed by atoms with van der Waals surface area (Å²) in [7, 11) is 2.80. The van der Waals surface area contributed by atoms with Gasteiger partial charge in [-0.05, 0) is 55.0 Å². The number of benzene rings is 2. The van der Waals surface area contributed by atoms with Crippen LogP contribution in [-0.2, 0) is 11.4 Å². The Morgan fingerprint density at radius 1 is 1.24 bits per heavy atom. The van der Waals surface area contributed by atoms with E-state index in [2.05, 4.69) is 15.9 Å². The van der Waals surface area contributed by atoms with E-state index in [0.29, 0.717) is 27.0 Å². The maximum Gasteiger partial charge on any atom is 0.284 e. The SMILES string of the molecule is CONc1ccc(Cl)c(Cn2c(C(=O)NN(C)O)c(-c3ccc[nH]c3=O)c3cc(C)ccc32)c1. The molecule has 2 heterocycles. The van der Waals surface area contributed by atoms with Gasteiger partial charge in [0.05, 0.1) is 12.8 Å². The lowest BCUT2D eigenvalue weighted by Gasteiger charge is -2.16. The number of carbonyl (C=O) groups excluding carboxylic acids is 1.